The zero-order valence-corrected chi connectivity index (χ0v) is 27.1. The Bertz CT molecular complexity index is 1590. The second-order valence-corrected chi connectivity index (χ2v) is 37.3. The van der Waals surface area contributed by atoms with Crippen LogP contribution in [0, 0.1) is 0 Å². The van der Waals surface area contributed by atoms with Crippen LogP contribution in [0.5, 0.6) is 5.75 Å². The Kier molecular flexibility index (Phi) is 6.53. The molecule has 1 atom stereocenters. The number of hydrogen-bond acceptors (Lipinski definition) is 2. The number of ether oxygens (including phenoxy) is 1. The quantitative estimate of drug-likeness (QED) is 0.155. The molecule has 4 aromatic rings. The monoisotopic (exact) mass is 636 g/mol. The van der Waals surface area contributed by atoms with E-state index in [0.29, 0.717) is 0 Å². The van der Waals surface area contributed by atoms with Gasteiger partial charge in [0.15, 0.2) is 0 Å². The molecule has 194 valence electrons. The van der Waals surface area contributed by atoms with E-state index in [-0.39, 0.29) is 14.0 Å². The Morgan fingerprint density at radius 3 is 1.68 bits per heavy atom. The maximum absolute atomic E-state index is 8.22. The van der Waals surface area contributed by atoms with E-state index in [1.165, 1.54) is 33.4 Å². The van der Waals surface area contributed by atoms with Gasteiger partial charge in [0.2, 0.25) is 0 Å². The number of hydrogen-bond donors (Lipinski definition) is 0. The number of halogens is 2. The summed E-state index contributed by atoms with van der Waals surface area (Å²) in [6, 6.07) is 32.1. The molecule has 0 saturated heterocycles. The van der Waals surface area contributed by atoms with E-state index in [1.54, 1.807) is 0 Å². The van der Waals surface area contributed by atoms with Gasteiger partial charge in [0.05, 0.1) is 0 Å². The van der Waals surface area contributed by atoms with Crippen LogP contribution in [0.4, 0.5) is 0 Å². The van der Waals surface area contributed by atoms with Crippen LogP contribution in [0.2, 0.25) is 19.6 Å². The first-order valence-electron chi connectivity index (χ1n) is 13.2. The normalized spacial score (nSPS) is 16.4. The number of fused-ring (bicyclic) bond motifs is 6. The second-order valence-electron chi connectivity index (χ2n) is 11.4. The van der Waals surface area contributed by atoms with Crippen LogP contribution in [0.25, 0.3) is 22.3 Å². The van der Waals surface area contributed by atoms with Crippen molar-refractivity contribution in [1.29, 1.82) is 0 Å². The molecule has 0 saturated carbocycles. The van der Waals surface area contributed by atoms with Gasteiger partial charge in [-0.25, -0.2) is 0 Å². The van der Waals surface area contributed by atoms with Crippen LogP contribution in [0.15, 0.2) is 91.0 Å². The van der Waals surface area contributed by atoms with Gasteiger partial charge < -0.3 is 0 Å². The van der Waals surface area contributed by atoms with Gasteiger partial charge in [-0.2, -0.15) is 0 Å². The summed E-state index contributed by atoms with van der Waals surface area (Å²) in [6.45, 7) is 8.79. The first kappa shape index (κ1) is 26.4. The summed E-state index contributed by atoms with van der Waals surface area (Å²) in [6.07, 6.45) is 0. The maximum atomic E-state index is 8.22. The second kappa shape index (κ2) is 9.39. The molecule has 0 aliphatic heterocycles. The molecule has 0 N–H and O–H groups in total. The van der Waals surface area contributed by atoms with Gasteiger partial charge in [0.25, 0.3) is 0 Å². The standard InChI is InChI=1S/C17H19O2Si.C13H9.C2H4.2ClH.Zr/c1-20(2,3)19-12-18-17-10-6-9-15-14-8-5-4-7-13(14)11-16(15)17;1-3-7-12-10(5-1)9-11-6-2-4-8-13(11)12;1-2;;;/h4-11H,12H2,1-3H3;1-9H;1H,2H3;2*1H;/q;;;;;+2/p-2. The van der Waals surface area contributed by atoms with Crippen molar-refractivity contribution < 1.29 is 25.1 Å². The Morgan fingerprint density at radius 2 is 1.16 bits per heavy atom. The minimum absolute atomic E-state index is 0.0764. The van der Waals surface area contributed by atoms with E-state index < -0.39 is 24.2 Å². The van der Waals surface area contributed by atoms with Gasteiger partial charge in [-0.3, -0.25) is 0 Å². The van der Waals surface area contributed by atoms with E-state index >= 15 is 0 Å². The van der Waals surface area contributed by atoms with E-state index in [4.69, 9.17) is 26.2 Å². The Hall–Kier alpha value is -1.81. The van der Waals surface area contributed by atoms with E-state index in [9.17, 15) is 0 Å². The molecule has 0 radical (unpaired) electrons. The molecule has 0 amide bonds. The molecule has 2 aliphatic carbocycles. The Balaban J connectivity index is 1.60. The molecule has 1 unspecified atom stereocenters. The Morgan fingerprint density at radius 1 is 0.684 bits per heavy atom. The molecule has 2 nitrogen and oxygen atoms in total. The van der Waals surface area contributed by atoms with Gasteiger partial charge in [-0.1, -0.05) is 0 Å². The van der Waals surface area contributed by atoms with E-state index in [0.717, 1.165) is 16.9 Å². The van der Waals surface area contributed by atoms with Crippen molar-refractivity contribution in [2.75, 3.05) is 6.79 Å². The van der Waals surface area contributed by atoms with Crippen molar-refractivity contribution in [3.8, 4) is 28.0 Å². The predicted octanol–water partition coefficient (Wildman–Crippen LogP) is 9.53. The summed E-state index contributed by atoms with van der Waals surface area (Å²) in [5, 5.41) is 0. The van der Waals surface area contributed by atoms with E-state index in [1.807, 2.05) is 6.07 Å². The third kappa shape index (κ3) is 4.07. The van der Waals surface area contributed by atoms with Crippen molar-refractivity contribution in [3.05, 3.63) is 113 Å². The first-order valence-corrected chi connectivity index (χ1v) is 27.2. The minimum atomic E-state index is -5.01. The van der Waals surface area contributed by atoms with Gasteiger partial charge in [-0.15, -0.1) is 0 Å². The van der Waals surface area contributed by atoms with Crippen molar-refractivity contribution in [2.24, 2.45) is 0 Å². The molecule has 0 spiro atoms. The van der Waals surface area contributed by atoms with E-state index in [2.05, 4.69) is 115 Å². The zero-order chi connectivity index (χ0) is 26.7. The third-order valence-corrected chi connectivity index (χ3v) is 28.0. The fraction of sp³-hybridized carbons (Fsp3) is 0.219. The van der Waals surface area contributed by atoms with Crippen molar-refractivity contribution >= 4 is 29.1 Å². The molecular weight excluding hydrogens is 607 g/mol. The molecule has 0 aromatic heterocycles. The zero-order valence-electron chi connectivity index (χ0n) is 22.2. The molecule has 2 aliphatic rings. The SMILES string of the molecule is C[CH]=[Zr]([Cl])([Cl])([CH]1c2ccccc2-c2ccccc21)[CH]1c2ccccc2-c2cccc(OCO[Si](C)(C)C)c21. The van der Waals surface area contributed by atoms with Crippen LogP contribution in [0.3, 0.4) is 0 Å². The van der Waals surface area contributed by atoms with Crippen molar-refractivity contribution in [2.45, 2.75) is 33.8 Å². The molecule has 0 fully saturated rings. The molecule has 0 bridgehead atoms. The molecule has 0 heterocycles. The summed E-state index contributed by atoms with van der Waals surface area (Å²) in [5.41, 5.74) is 9.56. The van der Waals surface area contributed by atoms with Gasteiger partial charge in [-0.05, 0) is 0 Å². The number of rotatable bonds is 6. The van der Waals surface area contributed by atoms with Gasteiger partial charge >= 0.3 is 236 Å². The molecular formula is C32H32Cl2O2SiZr. The summed E-state index contributed by atoms with van der Waals surface area (Å²) < 4.78 is 14.5. The van der Waals surface area contributed by atoms with Gasteiger partial charge in [0.1, 0.15) is 0 Å². The van der Waals surface area contributed by atoms with Crippen LogP contribution in [-0.4, -0.2) is 18.8 Å². The molecule has 6 heteroatoms. The van der Waals surface area contributed by atoms with Crippen LogP contribution >= 0.6 is 17.0 Å². The topological polar surface area (TPSA) is 18.5 Å². The van der Waals surface area contributed by atoms with Crippen molar-refractivity contribution in [1.82, 2.24) is 0 Å². The molecule has 4 aromatic carbocycles. The summed E-state index contributed by atoms with van der Waals surface area (Å²) in [5.74, 6) is 0.810. The fourth-order valence-corrected chi connectivity index (χ4v) is 23.1. The van der Waals surface area contributed by atoms with Gasteiger partial charge in [0, 0.05) is 0 Å². The Labute approximate surface area is 234 Å². The summed E-state index contributed by atoms with van der Waals surface area (Å²) in [7, 11) is 14.7. The van der Waals surface area contributed by atoms with Crippen molar-refractivity contribution in [3.63, 3.8) is 0 Å². The third-order valence-electron chi connectivity index (χ3n) is 8.11. The summed E-state index contributed by atoms with van der Waals surface area (Å²) in [4.78, 5) is 0. The number of benzene rings is 4. The predicted molar refractivity (Wildman–Crippen MR) is 161 cm³/mol. The molecule has 38 heavy (non-hydrogen) atoms. The fourth-order valence-electron chi connectivity index (χ4n) is 6.44. The van der Waals surface area contributed by atoms with Crippen LogP contribution in [0.1, 0.15) is 36.4 Å². The average Bonchev–Trinajstić information content (AvgIpc) is 3.43. The van der Waals surface area contributed by atoms with Crippen LogP contribution in [-0.2, 0) is 20.3 Å². The molecule has 6 rings (SSSR count). The average molecular weight is 639 g/mol. The van der Waals surface area contributed by atoms with Crippen LogP contribution < -0.4 is 4.74 Å². The first-order chi connectivity index (χ1) is 18.1. The summed E-state index contributed by atoms with van der Waals surface area (Å²) >= 11 is -5.01.